The number of carbonyl (C=O) groups is 1. The van der Waals surface area contributed by atoms with Gasteiger partial charge in [0.15, 0.2) is 0 Å². The molecule has 2 aromatic rings. The molecule has 3 heterocycles. The molecule has 124 valence electrons. The maximum absolute atomic E-state index is 12.9. The fraction of sp³-hybridized carbons (Fsp3) is 0.588. The number of imidazole rings is 1. The Bertz CT molecular complexity index is 716. The summed E-state index contributed by atoms with van der Waals surface area (Å²) >= 11 is 0. The van der Waals surface area contributed by atoms with Gasteiger partial charge in [-0.15, -0.1) is 0 Å². The van der Waals surface area contributed by atoms with Crippen molar-refractivity contribution in [1.29, 1.82) is 0 Å². The molecule has 23 heavy (non-hydrogen) atoms. The molecular weight excluding hydrogens is 292 g/mol. The highest BCUT2D eigenvalue weighted by molar-refractivity contribution is 5.96. The highest BCUT2D eigenvalue weighted by Gasteiger charge is 2.30. The second kappa shape index (κ2) is 6.18. The summed E-state index contributed by atoms with van der Waals surface area (Å²) in [4.78, 5) is 19.5. The first-order valence-corrected chi connectivity index (χ1v) is 8.25. The van der Waals surface area contributed by atoms with E-state index in [9.17, 15) is 4.79 Å². The molecule has 0 aliphatic carbocycles. The van der Waals surface area contributed by atoms with Crippen molar-refractivity contribution in [3.8, 4) is 0 Å². The summed E-state index contributed by atoms with van der Waals surface area (Å²) in [6, 6.07) is 0. The number of amides is 1. The van der Waals surface area contributed by atoms with Crippen molar-refractivity contribution < 1.29 is 9.32 Å². The minimum atomic E-state index is 0.0382. The SMILES string of the molecule is CCc1noc(C)c1C(=O)N1CCCC(c2nc(C)cn2C)C1. The number of likely N-dealkylation sites (tertiary alicyclic amines) is 1. The van der Waals surface area contributed by atoms with Crippen LogP contribution in [0.3, 0.4) is 0 Å². The van der Waals surface area contributed by atoms with E-state index in [1.165, 1.54) is 0 Å². The van der Waals surface area contributed by atoms with E-state index in [2.05, 4.69) is 14.7 Å². The second-order valence-electron chi connectivity index (χ2n) is 6.36. The molecule has 1 fully saturated rings. The summed E-state index contributed by atoms with van der Waals surface area (Å²) in [5.41, 5.74) is 2.42. The van der Waals surface area contributed by atoms with Crippen LogP contribution in [0.5, 0.6) is 0 Å². The molecule has 0 spiro atoms. The molecule has 1 aliphatic heterocycles. The minimum absolute atomic E-state index is 0.0382. The van der Waals surface area contributed by atoms with Crippen LogP contribution in [0.25, 0.3) is 0 Å². The first kappa shape index (κ1) is 15.8. The molecule has 1 unspecified atom stereocenters. The lowest BCUT2D eigenvalue weighted by Crippen LogP contribution is -2.40. The van der Waals surface area contributed by atoms with E-state index in [1.54, 1.807) is 0 Å². The van der Waals surface area contributed by atoms with E-state index < -0.39 is 0 Å². The number of piperidine rings is 1. The Labute approximate surface area is 136 Å². The van der Waals surface area contributed by atoms with Gasteiger partial charge in [-0.1, -0.05) is 12.1 Å². The molecule has 0 aromatic carbocycles. The normalized spacial score (nSPS) is 18.4. The summed E-state index contributed by atoms with van der Waals surface area (Å²) in [7, 11) is 2.02. The van der Waals surface area contributed by atoms with E-state index in [0.717, 1.165) is 36.6 Å². The van der Waals surface area contributed by atoms with Crippen LogP contribution in [0.15, 0.2) is 10.7 Å². The Kier molecular flexibility index (Phi) is 4.24. The zero-order chi connectivity index (χ0) is 16.6. The van der Waals surface area contributed by atoms with Gasteiger partial charge in [0.1, 0.15) is 17.1 Å². The van der Waals surface area contributed by atoms with Gasteiger partial charge < -0.3 is 14.0 Å². The van der Waals surface area contributed by atoms with Gasteiger partial charge in [-0.2, -0.15) is 0 Å². The van der Waals surface area contributed by atoms with Crippen molar-refractivity contribution >= 4 is 5.91 Å². The van der Waals surface area contributed by atoms with E-state index in [1.807, 2.05) is 38.9 Å². The molecule has 1 atom stereocenters. The molecule has 0 radical (unpaired) electrons. The monoisotopic (exact) mass is 316 g/mol. The Balaban J connectivity index is 1.82. The molecule has 0 bridgehead atoms. The van der Waals surface area contributed by atoms with Crippen LogP contribution >= 0.6 is 0 Å². The summed E-state index contributed by atoms with van der Waals surface area (Å²) in [6.07, 6.45) is 4.80. The Morgan fingerprint density at radius 3 is 2.87 bits per heavy atom. The van der Waals surface area contributed by atoms with Gasteiger partial charge in [0.2, 0.25) is 0 Å². The lowest BCUT2D eigenvalue weighted by molar-refractivity contribution is 0.0701. The van der Waals surface area contributed by atoms with Gasteiger partial charge in [0, 0.05) is 32.3 Å². The van der Waals surface area contributed by atoms with Crippen molar-refractivity contribution in [3.05, 3.63) is 34.7 Å². The van der Waals surface area contributed by atoms with Crippen LogP contribution in [0.1, 0.15) is 59.0 Å². The van der Waals surface area contributed by atoms with Gasteiger partial charge in [-0.05, 0) is 33.1 Å². The largest absolute Gasteiger partial charge is 0.361 e. The highest BCUT2D eigenvalue weighted by Crippen LogP contribution is 2.28. The average molecular weight is 316 g/mol. The smallest absolute Gasteiger partial charge is 0.259 e. The summed E-state index contributed by atoms with van der Waals surface area (Å²) in [5, 5.41) is 4.01. The van der Waals surface area contributed by atoms with Crippen LogP contribution in [-0.4, -0.2) is 38.6 Å². The Morgan fingerprint density at radius 2 is 2.22 bits per heavy atom. The Hall–Kier alpha value is -2.11. The van der Waals surface area contributed by atoms with E-state index in [4.69, 9.17) is 4.52 Å². The van der Waals surface area contributed by atoms with Gasteiger partial charge in [0.05, 0.1) is 11.4 Å². The number of aryl methyl sites for hydroxylation is 4. The fourth-order valence-electron chi connectivity index (χ4n) is 3.48. The zero-order valence-corrected chi connectivity index (χ0v) is 14.3. The molecule has 1 saturated heterocycles. The molecule has 6 heteroatoms. The number of aromatic nitrogens is 3. The van der Waals surface area contributed by atoms with Crippen LogP contribution in [0.4, 0.5) is 0 Å². The average Bonchev–Trinajstić information content (AvgIpc) is 3.08. The zero-order valence-electron chi connectivity index (χ0n) is 14.3. The van der Waals surface area contributed by atoms with E-state index in [-0.39, 0.29) is 11.8 Å². The predicted molar refractivity (Wildman–Crippen MR) is 86.4 cm³/mol. The topological polar surface area (TPSA) is 64.2 Å². The van der Waals surface area contributed by atoms with Crippen LogP contribution < -0.4 is 0 Å². The molecule has 0 N–H and O–H groups in total. The number of nitrogens with zero attached hydrogens (tertiary/aromatic N) is 4. The first-order valence-electron chi connectivity index (χ1n) is 8.25. The number of hydrogen-bond acceptors (Lipinski definition) is 4. The molecule has 1 amide bonds. The molecule has 2 aromatic heterocycles. The molecule has 3 rings (SSSR count). The molecular formula is C17H24N4O2. The maximum atomic E-state index is 12.9. The summed E-state index contributed by atoms with van der Waals surface area (Å²) < 4.78 is 7.30. The summed E-state index contributed by atoms with van der Waals surface area (Å²) in [5.74, 6) is 2.01. The Morgan fingerprint density at radius 1 is 1.43 bits per heavy atom. The van der Waals surface area contributed by atoms with Crippen molar-refractivity contribution in [3.63, 3.8) is 0 Å². The quantitative estimate of drug-likeness (QED) is 0.873. The van der Waals surface area contributed by atoms with Gasteiger partial charge in [0.25, 0.3) is 5.91 Å². The van der Waals surface area contributed by atoms with Gasteiger partial charge in [-0.25, -0.2) is 4.98 Å². The van der Waals surface area contributed by atoms with Gasteiger partial charge in [-0.3, -0.25) is 4.79 Å². The fourth-order valence-corrected chi connectivity index (χ4v) is 3.48. The van der Waals surface area contributed by atoms with Crippen LogP contribution in [-0.2, 0) is 13.5 Å². The van der Waals surface area contributed by atoms with Crippen molar-refractivity contribution in [2.45, 2.75) is 46.0 Å². The maximum Gasteiger partial charge on any atom is 0.259 e. The van der Waals surface area contributed by atoms with E-state index >= 15 is 0 Å². The lowest BCUT2D eigenvalue weighted by Gasteiger charge is -2.32. The summed E-state index contributed by atoms with van der Waals surface area (Å²) in [6.45, 7) is 7.29. The standard InChI is InChI=1S/C17H24N4O2/c1-5-14-15(12(3)23-19-14)17(22)21-8-6-7-13(10-21)16-18-11(2)9-20(16)4/h9,13H,5-8,10H2,1-4H3. The third-order valence-electron chi connectivity index (χ3n) is 4.59. The highest BCUT2D eigenvalue weighted by atomic mass is 16.5. The van der Waals surface area contributed by atoms with Crippen LogP contribution in [0.2, 0.25) is 0 Å². The third kappa shape index (κ3) is 2.90. The third-order valence-corrected chi connectivity index (χ3v) is 4.59. The minimum Gasteiger partial charge on any atom is -0.361 e. The van der Waals surface area contributed by atoms with E-state index in [0.29, 0.717) is 24.3 Å². The predicted octanol–water partition coefficient (Wildman–Crippen LogP) is 2.61. The lowest BCUT2D eigenvalue weighted by atomic mass is 9.96. The number of rotatable bonds is 3. The number of carbonyl (C=O) groups excluding carboxylic acids is 1. The van der Waals surface area contributed by atoms with Crippen LogP contribution in [0, 0.1) is 13.8 Å². The molecule has 0 saturated carbocycles. The van der Waals surface area contributed by atoms with Gasteiger partial charge >= 0.3 is 0 Å². The first-order chi connectivity index (χ1) is 11.0. The number of hydrogen-bond donors (Lipinski definition) is 0. The molecule has 1 aliphatic rings. The molecule has 6 nitrogen and oxygen atoms in total. The van der Waals surface area contributed by atoms with Crippen molar-refractivity contribution in [2.24, 2.45) is 7.05 Å². The van der Waals surface area contributed by atoms with Crippen molar-refractivity contribution in [1.82, 2.24) is 19.6 Å². The second-order valence-corrected chi connectivity index (χ2v) is 6.36. The van der Waals surface area contributed by atoms with Crippen molar-refractivity contribution in [2.75, 3.05) is 13.1 Å².